The summed E-state index contributed by atoms with van der Waals surface area (Å²) in [4.78, 5) is 33.9. The van der Waals surface area contributed by atoms with Crippen LogP contribution in [0.4, 0.5) is 0 Å². The molecule has 0 amide bonds. The highest BCUT2D eigenvalue weighted by Crippen LogP contribution is 2.15. The third-order valence-corrected chi connectivity index (χ3v) is 3.83. The van der Waals surface area contributed by atoms with Gasteiger partial charge in [-0.3, -0.25) is 4.79 Å². The first kappa shape index (κ1) is 18.3. The van der Waals surface area contributed by atoms with Crippen LogP contribution in [-0.4, -0.2) is 38.8 Å². The Morgan fingerprint density at radius 2 is 1.72 bits per heavy atom. The molecule has 2 rings (SSSR count). The van der Waals surface area contributed by atoms with E-state index in [1.807, 2.05) is 31.2 Å². The van der Waals surface area contributed by atoms with Crippen LogP contribution in [0.5, 0.6) is 0 Å². The average molecular weight is 345 g/mol. The van der Waals surface area contributed by atoms with Gasteiger partial charge in [0.25, 0.3) is 0 Å². The maximum absolute atomic E-state index is 12.2. The van der Waals surface area contributed by atoms with Crippen molar-refractivity contribution in [3.63, 3.8) is 0 Å². The number of aromatic nitrogens is 1. The molecule has 2 aromatic rings. The molecule has 1 atom stereocenters. The second-order valence-electron chi connectivity index (χ2n) is 5.76. The summed E-state index contributed by atoms with van der Waals surface area (Å²) in [5.74, 6) is -3.72. The molecule has 1 unspecified atom stereocenters. The van der Waals surface area contributed by atoms with Crippen molar-refractivity contribution < 1.29 is 29.3 Å². The van der Waals surface area contributed by atoms with Gasteiger partial charge < -0.3 is 19.5 Å². The number of ether oxygens (including phenoxy) is 1. The molecule has 7 heteroatoms. The fraction of sp³-hybridized carbons (Fsp3) is 0.278. The number of nitrogens with zero attached hydrogens (tertiary/aromatic N) is 1. The summed E-state index contributed by atoms with van der Waals surface area (Å²) in [6.45, 7) is 2.00. The Hall–Kier alpha value is -3.09. The summed E-state index contributed by atoms with van der Waals surface area (Å²) in [5.41, 5.74) is 3.23. The topological polar surface area (TPSA) is 106 Å². The SMILES string of the molecule is Cc1ccc(Cc2ccc(C(=O)OC(CC(=O)O)C(=O)O)n2C)cc1. The molecule has 0 bridgehead atoms. The maximum Gasteiger partial charge on any atom is 0.355 e. The van der Waals surface area contributed by atoms with Crippen LogP contribution in [-0.2, 0) is 27.8 Å². The lowest BCUT2D eigenvalue weighted by Gasteiger charge is -2.13. The lowest BCUT2D eigenvalue weighted by atomic mass is 10.1. The maximum atomic E-state index is 12.2. The predicted octanol–water partition coefficient (Wildman–Crippen LogP) is 2.01. The molecule has 132 valence electrons. The number of carboxylic acid groups (broad SMARTS) is 2. The molecule has 0 aliphatic heterocycles. The fourth-order valence-electron chi connectivity index (χ4n) is 2.38. The van der Waals surface area contributed by atoms with Gasteiger partial charge in [-0.1, -0.05) is 29.8 Å². The van der Waals surface area contributed by atoms with E-state index < -0.39 is 30.4 Å². The Balaban J connectivity index is 2.13. The highest BCUT2D eigenvalue weighted by Gasteiger charge is 2.27. The first-order valence-corrected chi connectivity index (χ1v) is 7.63. The van der Waals surface area contributed by atoms with Crippen molar-refractivity contribution in [3.05, 3.63) is 58.9 Å². The number of esters is 1. The summed E-state index contributed by atoms with van der Waals surface area (Å²) in [7, 11) is 1.67. The molecule has 0 saturated heterocycles. The zero-order valence-electron chi connectivity index (χ0n) is 13.9. The van der Waals surface area contributed by atoms with Crippen LogP contribution < -0.4 is 0 Å². The smallest absolute Gasteiger partial charge is 0.355 e. The molecular formula is C18H19NO6. The van der Waals surface area contributed by atoms with E-state index in [1.54, 1.807) is 17.7 Å². The standard InChI is InChI=1S/C18H19NO6/c1-11-3-5-12(6-4-11)9-13-7-8-14(19(13)2)18(24)25-15(17(22)23)10-16(20)21/h3-8,15H,9-10H2,1-2H3,(H,20,21)(H,22,23). The number of carboxylic acids is 2. The van der Waals surface area contributed by atoms with Gasteiger partial charge in [0, 0.05) is 19.2 Å². The summed E-state index contributed by atoms with van der Waals surface area (Å²) in [6, 6.07) is 11.3. The average Bonchev–Trinajstić information content (AvgIpc) is 2.89. The van der Waals surface area contributed by atoms with Crippen LogP contribution in [0.1, 0.15) is 33.7 Å². The van der Waals surface area contributed by atoms with Crippen molar-refractivity contribution in [2.24, 2.45) is 7.05 Å². The van der Waals surface area contributed by atoms with Crippen molar-refractivity contribution >= 4 is 17.9 Å². The molecule has 0 radical (unpaired) electrons. The fourth-order valence-corrected chi connectivity index (χ4v) is 2.38. The Bertz CT molecular complexity index is 790. The normalized spacial score (nSPS) is 11.8. The third kappa shape index (κ3) is 4.69. The third-order valence-electron chi connectivity index (χ3n) is 3.83. The molecule has 0 fully saturated rings. The van der Waals surface area contributed by atoms with Crippen molar-refractivity contribution in [2.45, 2.75) is 25.9 Å². The van der Waals surface area contributed by atoms with Gasteiger partial charge in [-0.15, -0.1) is 0 Å². The minimum absolute atomic E-state index is 0.166. The van der Waals surface area contributed by atoms with Gasteiger partial charge in [0.05, 0.1) is 6.42 Å². The second-order valence-corrected chi connectivity index (χ2v) is 5.76. The molecule has 7 nitrogen and oxygen atoms in total. The van der Waals surface area contributed by atoms with Crippen LogP contribution >= 0.6 is 0 Å². The highest BCUT2D eigenvalue weighted by atomic mass is 16.6. The molecule has 1 aromatic carbocycles. The highest BCUT2D eigenvalue weighted by molar-refractivity contribution is 5.91. The van der Waals surface area contributed by atoms with Crippen LogP contribution in [0.3, 0.4) is 0 Å². The van der Waals surface area contributed by atoms with Gasteiger partial charge in [0.1, 0.15) is 5.69 Å². The minimum Gasteiger partial charge on any atom is -0.481 e. The predicted molar refractivity (Wildman–Crippen MR) is 88.5 cm³/mol. The number of carbonyl (C=O) groups is 3. The first-order chi connectivity index (χ1) is 11.8. The monoisotopic (exact) mass is 345 g/mol. The second kappa shape index (κ2) is 7.65. The number of hydrogen-bond donors (Lipinski definition) is 2. The first-order valence-electron chi connectivity index (χ1n) is 7.63. The molecule has 1 heterocycles. The Morgan fingerprint density at radius 3 is 2.28 bits per heavy atom. The van der Waals surface area contributed by atoms with Crippen LogP contribution in [0.15, 0.2) is 36.4 Å². The Kier molecular flexibility index (Phi) is 5.59. The van der Waals surface area contributed by atoms with Crippen molar-refractivity contribution in [1.82, 2.24) is 4.57 Å². The van der Waals surface area contributed by atoms with Crippen molar-refractivity contribution in [3.8, 4) is 0 Å². The van der Waals surface area contributed by atoms with E-state index in [2.05, 4.69) is 0 Å². The van der Waals surface area contributed by atoms with Crippen molar-refractivity contribution in [1.29, 1.82) is 0 Å². The minimum atomic E-state index is -1.72. The van der Waals surface area contributed by atoms with E-state index >= 15 is 0 Å². The lowest BCUT2D eigenvalue weighted by molar-refractivity contribution is -0.153. The Labute approximate surface area is 144 Å². The van der Waals surface area contributed by atoms with Crippen LogP contribution in [0.25, 0.3) is 0 Å². The van der Waals surface area contributed by atoms with Gasteiger partial charge in [0.15, 0.2) is 0 Å². The van der Waals surface area contributed by atoms with Crippen LogP contribution in [0.2, 0.25) is 0 Å². The van der Waals surface area contributed by atoms with Gasteiger partial charge >= 0.3 is 17.9 Å². The molecule has 0 saturated carbocycles. The summed E-state index contributed by atoms with van der Waals surface area (Å²) < 4.78 is 6.44. The van der Waals surface area contributed by atoms with Gasteiger partial charge in [-0.05, 0) is 24.6 Å². The molecule has 1 aromatic heterocycles. The Morgan fingerprint density at radius 1 is 1.08 bits per heavy atom. The van der Waals surface area contributed by atoms with E-state index in [0.29, 0.717) is 6.42 Å². The number of carbonyl (C=O) groups excluding carboxylic acids is 1. The molecule has 25 heavy (non-hydrogen) atoms. The van der Waals surface area contributed by atoms with Gasteiger partial charge in [-0.25, -0.2) is 9.59 Å². The number of aryl methyl sites for hydroxylation is 1. The summed E-state index contributed by atoms with van der Waals surface area (Å²) in [6.07, 6.45) is -1.91. The largest absolute Gasteiger partial charge is 0.481 e. The molecule has 0 aliphatic carbocycles. The zero-order chi connectivity index (χ0) is 18.6. The van der Waals surface area contributed by atoms with Gasteiger partial charge in [0.2, 0.25) is 6.10 Å². The summed E-state index contributed by atoms with van der Waals surface area (Å²) in [5, 5.41) is 17.7. The molecule has 0 aliphatic rings. The number of rotatable bonds is 7. The van der Waals surface area contributed by atoms with E-state index in [-0.39, 0.29) is 5.69 Å². The molecule has 0 spiro atoms. The van der Waals surface area contributed by atoms with E-state index in [0.717, 1.165) is 16.8 Å². The van der Waals surface area contributed by atoms with Crippen LogP contribution in [0, 0.1) is 6.92 Å². The zero-order valence-corrected chi connectivity index (χ0v) is 13.9. The lowest BCUT2D eigenvalue weighted by Crippen LogP contribution is -2.30. The molecular weight excluding hydrogens is 326 g/mol. The number of aliphatic carboxylic acids is 2. The van der Waals surface area contributed by atoms with Gasteiger partial charge in [-0.2, -0.15) is 0 Å². The van der Waals surface area contributed by atoms with E-state index in [1.165, 1.54) is 6.07 Å². The number of benzene rings is 1. The summed E-state index contributed by atoms with van der Waals surface area (Å²) >= 11 is 0. The van der Waals surface area contributed by atoms with E-state index in [9.17, 15) is 14.4 Å². The van der Waals surface area contributed by atoms with E-state index in [4.69, 9.17) is 14.9 Å². The van der Waals surface area contributed by atoms with Crippen molar-refractivity contribution in [2.75, 3.05) is 0 Å². The number of hydrogen-bond acceptors (Lipinski definition) is 4. The molecule has 2 N–H and O–H groups in total. The quantitative estimate of drug-likeness (QED) is 0.744.